The van der Waals surface area contributed by atoms with Gasteiger partial charge in [-0.15, -0.1) is 10.2 Å². The number of tetrazole rings is 1. The predicted octanol–water partition coefficient (Wildman–Crippen LogP) is 1.91. The monoisotopic (exact) mass is 307 g/mol. The Balaban J connectivity index is 1.71. The van der Waals surface area contributed by atoms with E-state index >= 15 is 0 Å². The quantitative estimate of drug-likeness (QED) is 0.941. The molecule has 1 N–H and O–H groups in total. The van der Waals surface area contributed by atoms with Crippen molar-refractivity contribution in [2.24, 2.45) is 0 Å². The molecular formula is C12H14BrN5. The molecule has 0 amide bonds. The maximum absolute atomic E-state index is 4.43. The van der Waals surface area contributed by atoms with E-state index in [1.54, 1.807) is 4.80 Å². The minimum absolute atomic E-state index is 0.281. The van der Waals surface area contributed by atoms with Crippen LogP contribution < -0.4 is 5.32 Å². The Morgan fingerprint density at radius 3 is 2.89 bits per heavy atom. The van der Waals surface area contributed by atoms with Gasteiger partial charge in [0.05, 0.1) is 12.6 Å². The van der Waals surface area contributed by atoms with Gasteiger partial charge < -0.3 is 5.32 Å². The van der Waals surface area contributed by atoms with Crippen molar-refractivity contribution in [3.05, 3.63) is 40.1 Å². The number of rotatable bonds is 3. The van der Waals surface area contributed by atoms with Crippen LogP contribution in [0.1, 0.15) is 30.3 Å². The molecule has 1 atom stereocenters. The van der Waals surface area contributed by atoms with Gasteiger partial charge >= 0.3 is 0 Å². The van der Waals surface area contributed by atoms with Gasteiger partial charge in [0.1, 0.15) is 0 Å². The molecule has 2 aromatic rings. The Morgan fingerprint density at radius 1 is 1.33 bits per heavy atom. The van der Waals surface area contributed by atoms with Crippen LogP contribution in [-0.4, -0.2) is 26.8 Å². The summed E-state index contributed by atoms with van der Waals surface area (Å²) < 4.78 is 1.08. The van der Waals surface area contributed by atoms with Gasteiger partial charge in [0.2, 0.25) is 0 Å². The molecule has 0 spiro atoms. The second kappa shape index (κ2) is 5.16. The first-order chi connectivity index (χ1) is 8.81. The molecule has 1 fully saturated rings. The van der Waals surface area contributed by atoms with Gasteiger partial charge in [-0.3, -0.25) is 0 Å². The Labute approximate surface area is 114 Å². The molecule has 1 aromatic carbocycles. The Kier molecular flexibility index (Phi) is 3.38. The largest absolute Gasteiger partial charge is 0.307 e. The number of benzene rings is 1. The van der Waals surface area contributed by atoms with Gasteiger partial charge in [-0.2, -0.15) is 4.80 Å². The number of hydrogen-bond donors (Lipinski definition) is 1. The third kappa shape index (κ3) is 2.59. The first kappa shape index (κ1) is 11.8. The van der Waals surface area contributed by atoms with Crippen LogP contribution in [0.4, 0.5) is 0 Å². The lowest BCUT2D eigenvalue weighted by molar-refractivity contribution is 0.557. The van der Waals surface area contributed by atoms with Crippen molar-refractivity contribution in [3.8, 4) is 0 Å². The first-order valence-corrected chi connectivity index (χ1v) is 6.86. The maximum atomic E-state index is 4.43. The van der Waals surface area contributed by atoms with E-state index in [0.717, 1.165) is 23.3 Å². The smallest absolute Gasteiger partial charge is 0.191 e. The highest BCUT2D eigenvalue weighted by Gasteiger charge is 2.20. The lowest BCUT2D eigenvalue weighted by Crippen LogP contribution is -2.14. The van der Waals surface area contributed by atoms with E-state index in [-0.39, 0.29) is 6.04 Å². The van der Waals surface area contributed by atoms with E-state index in [2.05, 4.69) is 48.8 Å². The first-order valence-electron chi connectivity index (χ1n) is 6.07. The van der Waals surface area contributed by atoms with E-state index in [1.165, 1.54) is 12.0 Å². The van der Waals surface area contributed by atoms with Gasteiger partial charge in [-0.25, -0.2) is 0 Å². The topological polar surface area (TPSA) is 55.6 Å². The van der Waals surface area contributed by atoms with E-state index in [0.29, 0.717) is 6.54 Å². The molecule has 5 nitrogen and oxygen atoms in total. The number of hydrogen-bond acceptors (Lipinski definition) is 4. The third-order valence-corrected chi connectivity index (χ3v) is 3.61. The molecule has 1 unspecified atom stereocenters. The third-order valence-electron chi connectivity index (χ3n) is 3.08. The summed E-state index contributed by atoms with van der Waals surface area (Å²) in [5.74, 6) is 0.810. The average Bonchev–Trinajstić information content (AvgIpc) is 3.02. The molecule has 1 saturated heterocycles. The van der Waals surface area contributed by atoms with E-state index in [1.807, 2.05) is 12.1 Å². The molecule has 0 aliphatic carbocycles. The summed E-state index contributed by atoms with van der Waals surface area (Å²) >= 11 is 3.42. The molecule has 0 radical (unpaired) electrons. The Hall–Kier alpha value is -1.27. The number of halogens is 1. The van der Waals surface area contributed by atoms with Crippen molar-refractivity contribution in [1.82, 2.24) is 25.5 Å². The van der Waals surface area contributed by atoms with Crippen molar-refractivity contribution < 1.29 is 0 Å². The number of nitrogens with zero attached hydrogens (tertiary/aromatic N) is 4. The number of aromatic nitrogens is 4. The van der Waals surface area contributed by atoms with Gasteiger partial charge in [0, 0.05) is 4.47 Å². The molecule has 2 heterocycles. The molecule has 0 bridgehead atoms. The molecule has 1 aliphatic heterocycles. The zero-order chi connectivity index (χ0) is 12.4. The molecule has 1 aliphatic rings. The molecule has 6 heteroatoms. The minimum atomic E-state index is 0.281. The van der Waals surface area contributed by atoms with E-state index in [4.69, 9.17) is 0 Å². The van der Waals surface area contributed by atoms with Crippen molar-refractivity contribution >= 4 is 15.9 Å². The fourth-order valence-electron chi connectivity index (χ4n) is 2.12. The van der Waals surface area contributed by atoms with Gasteiger partial charge in [-0.1, -0.05) is 28.1 Å². The van der Waals surface area contributed by atoms with Crippen molar-refractivity contribution in [2.45, 2.75) is 25.4 Å². The van der Waals surface area contributed by atoms with Crippen LogP contribution in [0.25, 0.3) is 0 Å². The lowest BCUT2D eigenvalue weighted by atomic mass is 10.2. The SMILES string of the molecule is Brc1ccc(Cn2nnc(C3CCCN3)n2)cc1. The van der Waals surface area contributed by atoms with E-state index < -0.39 is 0 Å². The summed E-state index contributed by atoms with van der Waals surface area (Å²) in [6, 6.07) is 8.43. The summed E-state index contributed by atoms with van der Waals surface area (Å²) in [5, 5.41) is 16.0. The number of nitrogens with one attached hydrogen (secondary N) is 1. The lowest BCUT2D eigenvalue weighted by Gasteiger charge is -2.02. The van der Waals surface area contributed by atoms with Crippen LogP contribution in [0.15, 0.2) is 28.7 Å². The summed E-state index contributed by atoms with van der Waals surface area (Å²) in [6.07, 6.45) is 2.29. The van der Waals surface area contributed by atoms with Gasteiger partial charge in [-0.05, 0) is 42.3 Å². The van der Waals surface area contributed by atoms with Crippen LogP contribution in [0, 0.1) is 0 Å². The highest BCUT2D eigenvalue weighted by atomic mass is 79.9. The summed E-state index contributed by atoms with van der Waals surface area (Å²) in [6.45, 7) is 1.71. The molecule has 3 rings (SSSR count). The van der Waals surface area contributed by atoms with Crippen molar-refractivity contribution in [3.63, 3.8) is 0 Å². The normalized spacial score (nSPS) is 19.3. The van der Waals surface area contributed by atoms with Crippen LogP contribution in [-0.2, 0) is 6.54 Å². The van der Waals surface area contributed by atoms with Crippen LogP contribution in [0.2, 0.25) is 0 Å². The van der Waals surface area contributed by atoms with Crippen LogP contribution in [0.5, 0.6) is 0 Å². The van der Waals surface area contributed by atoms with Gasteiger partial charge in [0.15, 0.2) is 5.82 Å². The maximum Gasteiger partial charge on any atom is 0.191 e. The zero-order valence-electron chi connectivity index (χ0n) is 9.88. The second-order valence-electron chi connectivity index (χ2n) is 4.45. The molecule has 0 saturated carbocycles. The van der Waals surface area contributed by atoms with Crippen molar-refractivity contribution in [1.29, 1.82) is 0 Å². The summed E-state index contributed by atoms with van der Waals surface area (Å²) in [7, 11) is 0. The second-order valence-corrected chi connectivity index (χ2v) is 5.37. The molecule has 1 aromatic heterocycles. The highest BCUT2D eigenvalue weighted by molar-refractivity contribution is 9.10. The van der Waals surface area contributed by atoms with E-state index in [9.17, 15) is 0 Å². The fraction of sp³-hybridized carbons (Fsp3) is 0.417. The molecule has 94 valence electrons. The fourth-order valence-corrected chi connectivity index (χ4v) is 2.38. The van der Waals surface area contributed by atoms with Crippen molar-refractivity contribution in [2.75, 3.05) is 6.54 Å². The van der Waals surface area contributed by atoms with Gasteiger partial charge in [0.25, 0.3) is 0 Å². The van der Waals surface area contributed by atoms with Crippen LogP contribution in [0.3, 0.4) is 0 Å². The standard InChI is InChI=1S/C12H14BrN5/c13-10-5-3-9(4-6-10)8-18-16-12(15-17-18)11-2-1-7-14-11/h3-6,11,14H,1-2,7-8H2. The Morgan fingerprint density at radius 2 is 2.17 bits per heavy atom. The average molecular weight is 308 g/mol. The van der Waals surface area contributed by atoms with Crippen LogP contribution >= 0.6 is 15.9 Å². The highest BCUT2D eigenvalue weighted by Crippen LogP contribution is 2.18. The minimum Gasteiger partial charge on any atom is -0.307 e. The summed E-state index contributed by atoms with van der Waals surface area (Å²) in [4.78, 5) is 1.65. The Bertz CT molecular complexity index is 516. The zero-order valence-corrected chi connectivity index (χ0v) is 11.5. The molecular weight excluding hydrogens is 294 g/mol. The summed E-state index contributed by atoms with van der Waals surface area (Å²) in [5.41, 5.74) is 1.17. The predicted molar refractivity (Wildman–Crippen MR) is 71.0 cm³/mol. The molecule has 18 heavy (non-hydrogen) atoms.